The Hall–Kier alpha value is -1.66. The molecule has 0 saturated carbocycles. The maximum Gasteiger partial charge on any atom is 0.306 e. The Morgan fingerprint density at radius 2 is 0.911 bits per heavy atom. The van der Waals surface area contributed by atoms with Gasteiger partial charge in [0, 0.05) is 6.42 Å². The molecule has 3 atom stereocenters. The Bertz CT molecular complexity index is 889. The maximum atomic E-state index is 13.1. The maximum absolute atomic E-state index is 13.1. The predicted molar refractivity (Wildman–Crippen MR) is 241 cm³/mol. The summed E-state index contributed by atoms with van der Waals surface area (Å²) in [6.45, 7) is 6.46. The molecule has 6 heteroatoms. The van der Waals surface area contributed by atoms with Crippen LogP contribution < -0.4 is 5.32 Å². The summed E-state index contributed by atoms with van der Waals surface area (Å²) < 4.78 is 5.88. The Morgan fingerprint density at radius 3 is 1.36 bits per heavy atom. The number of amides is 1. The summed E-state index contributed by atoms with van der Waals surface area (Å²) in [7, 11) is 0. The normalized spacial score (nSPS) is 13.4. The first-order valence-electron chi connectivity index (χ1n) is 24.6. The van der Waals surface area contributed by atoms with Crippen molar-refractivity contribution in [1.29, 1.82) is 0 Å². The fourth-order valence-electron chi connectivity index (χ4n) is 7.54. The van der Waals surface area contributed by atoms with Crippen molar-refractivity contribution in [1.82, 2.24) is 5.32 Å². The highest BCUT2D eigenvalue weighted by atomic mass is 16.5. The Morgan fingerprint density at radius 1 is 0.518 bits per heavy atom. The molecule has 0 rings (SSSR count). The third-order valence-corrected chi connectivity index (χ3v) is 11.3. The fraction of sp³-hybridized carbons (Fsp3) is 0.880. The largest absolute Gasteiger partial charge is 0.462 e. The summed E-state index contributed by atoms with van der Waals surface area (Å²) >= 11 is 0. The Balaban J connectivity index is 4.64. The zero-order chi connectivity index (χ0) is 41.0. The summed E-state index contributed by atoms with van der Waals surface area (Å²) in [6, 6.07) is -0.705. The van der Waals surface area contributed by atoms with Crippen molar-refractivity contribution in [2.45, 2.75) is 277 Å². The number of carbonyl (C=O) groups is 2. The van der Waals surface area contributed by atoms with Gasteiger partial charge in [-0.2, -0.15) is 0 Å². The number of rotatable bonds is 44. The van der Waals surface area contributed by atoms with Gasteiger partial charge in [-0.05, 0) is 44.9 Å². The first kappa shape index (κ1) is 54.3. The molecule has 0 aromatic heterocycles. The van der Waals surface area contributed by atoms with Gasteiger partial charge in [-0.15, -0.1) is 0 Å². The molecule has 0 bridgehead atoms. The molecule has 0 aliphatic carbocycles. The van der Waals surface area contributed by atoms with Gasteiger partial charge in [0.2, 0.25) is 5.91 Å². The zero-order valence-corrected chi connectivity index (χ0v) is 37.5. The van der Waals surface area contributed by atoms with Crippen molar-refractivity contribution in [3.05, 3.63) is 24.3 Å². The second-order valence-electron chi connectivity index (χ2n) is 16.9. The average Bonchev–Trinajstić information content (AvgIpc) is 3.19. The standard InChI is InChI=1S/C50H95NO5/c1-4-7-10-13-16-19-22-24-26-27-29-32-35-38-41-46(56-50(55)43-40-37-34-31-28-25-23-20-17-14-11-8-5-2)44-49(54)51-47(45-52)48(53)42-39-36-33-30-21-18-15-12-9-6-3/h25,28,34,37,46-48,52-53H,4-24,26-27,29-33,35-36,38-45H2,1-3H3,(H,51,54)/b28-25-,37-34+. The van der Waals surface area contributed by atoms with Crippen molar-refractivity contribution in [2.75, 3.05) is 6.61 Å². The van der Waals surface area contributed by atoms with Crippen LogP contribution in [-0.2, 0) is 14.3 Å². The van der Waals surface area contributed by atoms with E-state index >= 15 is 0 Å². The van der Waals surface area contributed by atoms with Crippen molar-refractivity contribution in [3.8, 4) is 0 Å². The van der Waals surface area contributed by atoms with E-state index in [0.717, 1.165) is 44.9 Å². The van der Waals surface area contributed by atoms with E-state index in [9.17, 15) is 19.8 Å². The number of hydrogen-bond donors (Lipinski definition) is 3. The number of aliphatic hydroxyl groups is 2. The van der Waals surface area contributed by atoms with Gasteiger partial charge in [-0.3, -0.25) is 9.59 Å². The van der Waals surface area contributed by atoms with E-state index < -0.39 is 18.2 Å². The molecule has 330 valence electrons. The quantitative estimate of drug-likeness (QED) is 0.0324. The van der Waals surface area contributed by atoms with Gasteiger partial charge >= 0.3 is 5.97 Å². The number of allylic oxidation sites excluding steroid dienone is 4. The van der Waals surface area contributed by atoms with Crippen molar-refractivity contribution < 1.29 is 24.5 Å². The molecule has 0 aromatic rings. The lowest BCUT2D eigenvalue weighted by Gasteiger charge is -2.24. The number of carbonyl (C=O) groups excluding carboxylic acids is 2. The number of aliphatic hydroxyl groups excluding tert-OH is 2. The molecular formula is C50H95NO5. The van der Waals surface area contributed by atoms with Gasteiger partial charge in [-0.1, -0.05) is 225 Å². The first-order valence-corrected chi connectivity index (χ1v) is 24.6. The van der Waals surface area contributed by atoms with Crippen molar-refractivity contribution >= 4 is 11.9 Å². The number of esters is 1. The van der Waals surface area contributed by atoms with Gasteiger partial charge in [0.1, 0.15) is 6.10 Å². The highest BCUT2D eigenvalue weighted by molar-refractivity contribution is 5.77. The smallest absolute Gasteiger partial charge is 0.306 e. The van der Waals surface area contributed by atoms with Gasteiger partial charge < -0.3 is 20.3 Å². The van der Waals surface area contributed by atoms with Crippen LogP contribution in [0.1, 0.15) is 258 Å². The van der Waals surface area contributed by atoms with Crippen LogP contribution in [0.15, 0.2) is 24.3 Å². The summed E-state index contributed by atoms with van der Waals surface area (Å²) in [5.74, 6) is -0.543. The van der Waals surface area contributed by atoms with Crippen LogP contribution in [0, 0.1) is 0 Å². The van der Waals surface area contributed by atoms with E-state index in [2.05, 4.69) is 44.3 Å². The molecule has 0 fully saturated rings. The summed E-state index contributed by atoms with van der Waals surface area (Å²) in [6.07, 6.45) is 49.6. The first-order chi connectivity index (χ1) is 27.5. The predicted octanol–water partition coefficient (Wildman–Crippen LogP) is 14.3. The van der Waals surface area contributed by atoms with Crippen LogP contribution >= 0.6 is 0 Å². The van der Waals surface area contributed by atoms with E-state index in [-0.39, 0.29) is 24.9 Å². The minimum absolute atomic E-state index is 0.0604. The lowest BCUT2D eigenvalue weighted by Crippen LogP contribution is -2.46. The molecule has 0 aliphatic rings. The zero-order valence-electron chi connectivity index (χ0n) is 37.5. The molecule has 0 spiro atoms. The Kier molecular flexibility index (Phi) is 43.1. The number of hydrogen-bond acceptors (Lipinski definition) is 5. The molecule has 0 radical (unpaired) electrons. The molecule has 1 amide bonds. The average molecular weight is 790 g/mol. The van der Waals surface area contributed by atoms with Crippen LogP contribution in [-0.4, -0.2) is 46.9 Å². The minimum Gasteiger partial charge on any atom is -0.462 e. The van der Waals surface area contributed by atoms with E-state index in [1.165, 1.54) is 161 Å². The monoisotopic (exact) mass is 790 g/mol. The second kappa shape index (κ2) is 44.4. The highest BCUT2D eigenvalue weighted by Crippen LogP contribution is 2.18. The van der Waals surface area contributed by atoms with Gasteiger partial charge in [0.25, 0.3) is 0 Å². The lowest BCUT2D eigenvalue weighted by atomic mass is 10.0. The summed E-state index contributed by atoms with van der Waals surface area (Å²) in [5.41, 5.74) is 0. The Labute approximate surface area is 348 Å². The number of unbranched alkanes of at least 4 members (excludes halogenated alkanes) is 28. The molecule has 56 heavy (non-hydrogen) atoms. The molecular weight excluding hydrogens is 695 g/mol. The number of nitrogens with one attached hydrogen (secondary N) is 1. The van der Waals surface area contributed by atoms with Gasteiger partial charge in [-0.25, -0.2) is 0 Å². The topological polar surface area (TPSA) is 95.9 Å². The molecule has 0 aromatic carbocycles. The van der Waals surface area contributed by atoms with Crippen molar-refractivity contribution in [2.24, 2.45) is 0 Å². The van der Waals surface area contributed by atoms with E-state index in [4.69, 9.17) is 4.74 Å². The van der Waals surface area contributed by atoms with Gasteiger partial charge in [0.15, 0.2) is 0 Å². The molecule has 3 N–H and O–H groups in total. The third-order valence-electron chi connectivity index (χ3n) is 11.3. The summed E-state index contributed by atoms with van der Waals surface area (Å²) in [4.78, 5) is 26.0. The van der Waals surface area contributed by atoms with E-state index in [1.54, 1.807) is 0 Å². The van der Waals surface area contributed by atoms with Gasteiger partial charge in [0.05, 0.1) is 25.2 Å². The third kappa shape index (κ3) is 39.2. The van der Waals surface area contributed by atoms with Crippen LogP contribution in [0.25, 0.3) is 0 Å². The summed E-state index contributed by atoms with van der Waals surface area (Å²) in [5, 5.41) is 23.6. The molecule has 0 heterocycles. The molecule has 3 unspecified atom stereocenters. The lowest BCUT2D eigenvalue weighted by molar-refractivity contribution is -0.150. The van der Waals surface area contributed by atoms with Crippen LogP contribution in [0.4, 0.5) is 0 Å². The highest BCUT2D eigenvalue weighted by Gasteiger charge is 2.24. The second-order valence-corrected chi connectivity index (χ2v) is 16.9. The van der Waals surface area contributed by atoms with Crippen LogP contribution in [0.3, 0.4) is 0 Å². The van der Waals surface area contributed by atoms with E-state index in [1.807, 2.05) is 6.08 Å². The molecule has 0 saturated heterocycles. The SMILES string of the molecule is CCCCCCCC/C=C\C/C=C/CCC(=O)OC(CCCCCCCCCCCCCCCC)CC(=O)NC(CO)C(O)CCCCCCCCCCCC. The van der Waals surface area contributed by atoms with Crippen LogP contribution in [0.5, 0.6) is 0 Å². The molecule has 6 nitrogen and oxygen atoms in total. The molecule has 0 aliphatic heterocycles. The number of ether oxygens (including phenoxy) is 1. The minimum atomic E-state index is -0.790. The van der Waals surface area contributed by atoms with Crippen LogP contribution in [0.2, 0.25) is 0 Å². The van der Waals surface area contributed by atoms with Crippen molar-refractivity contribution in [3.63, 3.8) is 0 Å². The fourth-order valence-corrected chi connectivity index (χ4v) is 7.54. The van der Waals surface area contributed by atoms with E-state index in [0.29, 0.717) is 25.7 Å².